The van der Waals surface area contributed by atoms with E-state index < -0.39 is 18.4 Å². The van der Waals surface area contributed by atoms with Gasteiger partial charge in [-0.15, -0.1) is 0 Å². The summed E-state index contributed by atoms with van der Waals surface area (Å²) < 4.78 is 25.4. The van der Waals surface area contributed by atoms with Crippen LogP contribution in [-0.2, 0) is 18.9 Å². The predicted octanol–water partition coefficient (Wildman–Crippen LogP) is 2.60. The zero-order valence-electron chi connectivity index (χ0n) is 12.6. The molecule has 0 spiro atoms. The number of furan rings is 1. The maximum Gasteiger partial charge on any atom is 0.511 e. The van der Waals surface area contributed by atoms with E-state index in [0.717, 1.165) is 0 Å². The van der Waals surface area contributed by atoms with Crippen LogP contribution in [0.4, 0.5) is 4.79 Å². The minimum Gasteiger partial charge on any atom is -0.463 e. The van der Waals surface area contributed by atoms with Gasteiger partial charge < -0.3 is 28.3 Å². The number of carbonyl (C=O) groups is 2. The van der Waals surface area contributed by atoms with Crippen molar-refractivity contribution >= 4 is 23.2 Å². The van der Waals surface area contributed by atoms with Crippen molar-refractivity contribution in [3.8, 4) is 0 Å². The Morgan fingerprint density at radius 1 is 1.30 bits per heavy atom. The van der Waals surface area contributed by atoms with Gasteiger partial charge in [-0.1, -0.05) is 0 Å². The van der Waals surface area contributed by atoms with Crippen molar-refractivity contribution in [3.05, 3.63) is 24.1 Å². The smallest absolute Gasteiger partial charge is 0.463 e. The lowest BCUT2D eigenvalue weighted by Gasteiger charge is -2.22. The van der Waals surface area contributed by atoms with Crippen molar-refractivity contribution < 1.29 is 33.0 Å². The summed E-state index contributed by atoms with van der Waals surface area (Å²) in [5.74, 6) is -0.650. The monoisotopic (exact) mass is 323 g/mol. The van der Waals surface area contributed by atoms with E-state index in [9.17, 15) is 9.59 Å². The first kappa shape index (κ1) is 15.4. The summed E-state index contributed by atoms with van der Waals surface area (Å²) in [5, 5.41) is 0. The minimum absolute atomic E-state index is 0.215. The minimum atomic E-state index is -1.07. The summed E-state index contributed by atoms with van der Waals surface area (Å²) in [4.78, 5) is 26.4. The Hall–Kier alpha value is -2.48. The van der Waals surface area contributed by atoms with Crippen LogP contribution < -0.4 is 0 Å². The second-order valence-corrected chi connectivity index (χ2v) is 5.15. The molecule has 1 saturated heterocycles. The maximum absolute atomic E-state index is 12.0. The van der Waals surface area contributed by atoms with Crippen molar-refractivity contribution in [2.24, 2.45) is 0 Å². The number of aromatic nitrogens is 1. The van der Waals surface area contributed by atoms with Gasteiger partial charge in [0.2, 0.25) is 6.29 Å². The van der Waals surface area contributed by atoms with Crippen LogP contribution in [-0.4, -0.2) is 42.7 Å². The van der Waals surface area contributed by atoms with E-state index in [4.69, 9.17) is 23.4 Å². The summed E-state index contributed by atoms with van der Waals surface area (Å²) in [7, 11) is 0. The Labute approximate surface area is 131 Å². The molecule has 0 saturated carbocycles. The largest absolute Gasteiger partial charge is 0.511 e. The molecule has 3 rings (SSSR count). The highest BCUT2D eigenvalue weighted by Gasteiger charge is 2.22. The molecule has 1 N–H and O–H groups in total. The molecule has 8 heteroatoms. The molecular formula is C15H17NO7. The number of nitrogens with one attached hydrogen (secondary N) is 1. The van der Waals surface area contributed by atoms with Gasteiger partial charge in [-0.05, 0) is 0 Å². The fourth-order valence-electron chi connectivity index (χ4n) is 2.29. The molecular weight excluding hydrogens is 306 g/mol. The number of rotatable bonds is 4. The Bertz CT molecular complexity index is 654. The Morgan fingerprint density at radius 3 is 2.83 bits per heavy atom. The second-order valence-electron chi connectivity index (χ2n) is 5.15. The van der Waals surface area contributed by atoms with Gasteiger partial charge in [0, 0.05) is 31.9 Å². The number of fused-ring (bicyclic) bond motifs is 1. The lowest BCUT2D eigenvalue weighted by molar-refractivity contribution is -0.0976. The Kier molecular flexibility index (Phi) is 4.52. The molecule has 0 bridgehead atoms. The van der Waals surface area contributed by atoms with E-state index in [2.05, 4.69) is 4.98 Å². The lowest BCUT2D eigenvalue weighted by Crippen LogP contribution is -2.29. The third-order valence-corrected chi connectivity index (χ3v) is 3.43. The summed E-state index contributed by atoms with van der Waals surface area (Å²) in [6, 6.07) is 3.21. The van der Waals surface area contributed by atoms with Gasteiger partial charge in [0.1, 0.15) is 11.8 Å². The highest BCUT2D eigenvalue weighted by Crippen LogP contribution is 2.17. The van der Waals surface area contributed by atoms with Crippen LogP contribution in [0.25, 0.3) is 11.1 Å². The van der Waals surface area contributed by atoms with E-state index >= 15 is 0 Å². The van der Waals surface area contributed by atoms with Crippen LogP contribution >= 0.6 is 0 Å². The van der Waals surface area contributed by atoms with Gasteiger partial charge >= 0.3 is 12.1 Å². The number of hydrogen-bond acceptors (Lipinski definition) is 7. The van der Waals surface area contributed by atoms with E-state index in [-0.39, 0.29) is 11.8 Å². The number of hydrogen-bond donors (Lipinski definition) is 1. The van der Waals surface area contributed by atoms with Crippen molar-refractivity contribution in [2.75, 3.05) is 13.2 Å². The van der Waals surface area contributed by atoms with E-state index in [1.165, 1.54) is 19.3 Å². The standard InChI is InChI=1S/C15H17NO7/c1-9(22-15(18)23-10-2-5-19-6-3-10)21-14(17)12-8-13-11(16-12)4-7-20-13/h4,7-10,16H,2-3,5-6H2,1H3. The van der Waals surface area contributed by atoms with Crippen molar-refractivity contribution in [2.45, 2.75) is 32.2 Å². The van der Waals surface area contributed by atoms with Crippen molar-refractivity contribution in [3.63, 3.8) is 0 Å². The summed E-state index contributed by atoms with van der Waals surface area (Å²) in [5.41, 5.74) is 1.45. The zero-order valence-corrected chi connectivity index (χ0v) is 12.6. The zero-order chi connectivity index (χ0) is 16.2. The second kappa shape index (κ2) is 6.74. The van der Waals surface area contributed by atoms with E-state index in [1.807, 2.05) is 0 Å². The predicted molar refractivity (Wildman–Crippen MR) is 76.8 cm³/mol. The number of H-pyrrole nitrogens is 1. The number of esters is 1. The van der Waals surface area contributed by atoms with Gasteiger partial charge in [0.25, 0.3) is 0 Å². The van der Waals surface area contributed by atoms with E-state index in [1.54, 1.807) is 6.07 Å². The molecule has 124 valence electrons. The third-order valence-electron chi connectivity index (χ3n) is 3.43. The van der Waals surface area contributed by atoms with Gasteiger partial charge in [0.15, 0.2) is 5.58 Å². The molecule has 1 aliphatic rings. The topological polar surface area (TPSA) is 100.0 Å². The fraction of sp³-hybridized carbons (Fsp3) is 0.467. The number of carbonyl (C=O) groups excluding carboxylic acids is 2. The van der Waals surface area contributed by atoms with Gasteiger partial charge in [-0.25, -0.2) is 9.59 Å². The van der Waals surface area contributed by atoms with Crippen molar-refractivity contribution in [1.29, 1.82) is 0 Å². The number of ether oxygens (including phenoxy) is 4. The molecule has 1 atom stereocenters. The van der Waals surface area contributed by atoms with Gasteiger partial charge in [0.05, 0.1) is 25.0 Å². The van der Waals surface area contributed by atoms with Crippen LogP contribution in [0, 0.1) is 0 Å². The molecule has 1 aliphatic heterocycles. The SMILES string of the molecule is CC(OC(=O)OC1CCOCC1)OC(=O)c1cc2occc2[nH]1. The number of aromatic amines is 1. The van der Waals surface area contributed by atoms with Gasteiger partial charge in [-0.2, -0.15) is 0 Å². The Morgan fingerprint density at radius 2 is 2.09 bits per heavy atom. The average Bonchev–Trinajstić information content (AvgIpc) is 3.09. The molecule has 1 unspecified atom stereocenters. The van der Waals surface area contributed by atoms with Crippen LogP contribution in [0.5, 0.6) is 0 Å². The molecule has 23 heavy (non-hydrogen) atoms. The van der Waals surface area contributed by atoms with Crippen molar-refractivity contribution in [1.82, 2.24) is 4.98 Å². The Balaban J connectivity index is 1.48. The molecule has 3 heterocycles. The first-order valence-electron chi connectivity index (χ1n) is 7.34. The van der Waals surface area contributed by atoms with Crippen LogP contribution in [0.1, 0.15) is 30.3 Å². The molecule has 8 nitrogen and oxygen atoms in total. The lowest BCUT2D eigenvalue weighted by atomic mass is 10.2. The molecule has 0 amide bonds. The van der Waals surface area contributed by atoms with Crippen LogP contribution in [0.3, 0.4) is 0 Å². The van der Waals surface area contributed by atoms with Gasteiger partial charge in [-0.3, -0.25) is 0 Å². The normalized spacial score (nSPS) is 16.9. The quantitative estimate of drug-likeness (QED) is 0.681. The maximum atomic E-state index is 12.0. The average molecular weight is 323 g/mol. The molecule has 2 aromatic rings. The molecule has 0 aromatic carbocycles. The van der Waals surface area contributed by atoms with Crippen LogP contribution in [0.2, 0.25) is 0 Å². The first-order valence-corrected chi connectivity index (χ1v) is 7.34. The summed E-state index contributed by atoms with van der Waals surface area (Å²) >= 11 is 0. The molecule has 0 radical (unpaired) electrons. The first-order chi connectivity index (χ1) is 11.1. The fourth-order valence-corrected chi connectivity index (χ4v) is 2.29. The summed E-state index contributed by atoms with van der Waals surface area (Å²) in [6.45, 7) is 2.54. The third kappa shape index (κ3) is 3.84. The summed E-state index contributed by atoms with van der Waals surface area (Å²) in [6.07, 6.45) is 0.612. The molecule has 1 fully saturated rings. The highest BCUT2D eigenvalue weighted by atomic mass is 16.8. The highest BCUT2D eigenvalue weighted by molar-refractivity contribution is 5.93. The van der Waals surface area contributed by atoms with Crippen LogP contribution in [0.15, 0.2) is 22.8 Å². The molecule has 0 aliphatic carbocycles. The molecule has 2 aromatic heterocycles. The van der Waals surface area contributed by atoms with E-state index in [0.29, 0.717) is 37.2 Å².